The highest BCUT2D eigenvalue weighted by molar-refractivity contribution is 6.05. The number of carbonyl (C=O) groups is 1. The van der Waals surface area contributed by atoms with Gasteiger partial charge in [0.15, 0.2) is 5.78 Å². The lowest BCUT2D eigenvalue weighted by atomic mass is 9.92. The van der Waals surface area contributed by atoms with E-state index in [-0.39, 0.29) is 11.7 Å². The van der Waals surface area contributed by atoms with Crippen molar-refractivity contribution in [2.75, 3.05) is 17.6 Å². The van der Waals surface area contributed by atoms with E-state index >= 15 is 0 Å². The first-order chi connectivity index (χ1) is 8.77. The number of Topliss-reactive ketones (excluding diaryl/α,β-unsaturated/α-hetero) is 1. The minimum Gasteiger partial charge on any atom is -0.384 e. The van der Waals surface area contributed by atoms with E-state index in [1.807, 2.05) is 24.3 Å². The van der Waals surface area contributed by atoms with Crippen molar-refractivity contribution >= 4 is 17.3 Å². The Hall–Kier alpha value is -2.36. The van der Waals surface area contributed by atoms with Gasteiger partial charge in [-0.25, -0.2) is 4.98 Å². The fraction of sp³-hybridized carbons (Fsp3) is 0.143. The molecule has 1 aromatic carbocycles. The zero-order chi connectivity index (χ0) is 12.5. The van der Waals surface area contributed by atoms with Gasteiger partial charge in [-0.3, -0.25) is 4.79 Å². The number of hydrogen-bond acceptors (Lipinski definition) is 4. The van der Waals surface area contributed by atoms with Crippen LogP contribution >= 0.6 is 0 Å². The number of nitrogens with one attached hydrogen (secondary N) is 1. The van der Waals surface area contributed by atoms with Crippen molar-refractivity contribution in [1.82, 2.24) is 4.98 Å². The molecule has 2 aromatic rings. The van der Waals surface area contributed by atoms with E-state index in [9.17, 15) is 4.79 Å². The largest absolute Gasteiger partial charge is 0.384 e. The van der Waals surface area contributed by atoms with E-state index in [1.165, 1.54) is 0 Å². The summed E-state index contributed by atoms with van der Waals surface area (Å²) < 4.78 is 0. The van der Waals surface area contributed by atoms with Gasteiger partial charge >= 0.3 is 0 Å². The van der Waals surface area contributed by atoms with Gasteiger partial charge < -0.3 is 11.1 Å². The summed E-state index contributed by atoms with van der Waals surface area (Å²) in [6.45, 7) is 0.618. The second kappa shape index (κ2) is 4.14. The molecule has 0 fully saturated rings. The summed E-state index contributed by atoms with van der Waals surface area (Å²) in [6, 6.07) is 11.3. The molecule has 0 bridgehead atoms. The average molecular weight is 239 g/mol. The molecule has 1 aliphatic heterocycles. The number of nitrogen functional groups attached to an aromatic ring is 1. The predicted octanol–water partition coefficient (Wildman–Crippen LogP) is 2.06. The number of anilines is 2. The standard InChI is InChI=1S/C14H13N3O/c15-14-10(5-3-7-16-14)13(18)11-8-17-12-6-2-1-4-9(11)12/h1-7,11,17H,8H2,(H2,15,16). The van der Waals surface area contributed by atoms with Crippen molar-refractivity contribution in [2.45, 2.75) is 5.92 Å². The summed E-state index contributed by atoms with van der Waals surface area (Å²) in [6.07, 6.45) is 1.59. The first kappa shape index (κ1) is 10.8. The molecule has 0 saturated heterocycles. The quantitative estimate of drug-likeness (QED) is 0.787. The molecule has 3 rings (SSSR count). The molecule has 1 aliphatic rings. The molecular weight excluding hydrogens is 226 g/mol. The molecule has 2 heterocycles. The molecule has 4 nitrogen and oxygen atoms in total. The van der Waals surface area contributed by atoms with E-state index in [1.54, 1.807) is 18.3 Å². The van der Waals surface area contributed by atoms with Crippen LogP contribution in [0.2, 0.25) is 0 Å². The van der Waals surface area contributed by atoms with Crippen LogP contribution in [-0.4, -0.2) is 17.3 Å². The lowest BCUT2D eigenvalue weighted by molar-refractivity contribution is 0.0967. The highest BCUT2D eigenvalue weighted by Gasteiger charge is 2.29. The number of carbonyl (C=O) groups excluding carboxylic acids is 1. The third-order valence-corrected chi connectivity index (χ3v) is 3.25. The number of benzene rings is 1. The number of ketones is 1. The molecule has 1 atom stereocenters. The van der Waals surface area contributed by atoms with Gasteiger partial charge in [-0.05, 0) is 23.8 Å². The minimum absolute atomic E-state index is 0.0260. The van der Waals surface area contributed by atoms with E-state index in [4.69, 9.17) is 5.73 Å². The Kier molecular flexibility index (Phi) is 2.48. The van der Waals surface area contributed by atoms with Crippen LogP contribution in [0, 0.1) is 0 Å². The SMILES string of the molecule is Nc1ncccc1C(=O)C1CNc2ccccc21. The molecule has 0 amide bonds. The van der Waals surface area contributed by atoms with Gasteiger partial charge in [-0.1, -0.05) is 18.2 Å². The third-order valence-electron chi connectivity index (χ3n) is 3.25. The topological polar surface area (TPSA) is 68.0 Å². The number of nitrogens with two attached hydrogens (primary N) is 1. The Morgan fingerprint density at radius 2 is 2.11 bits per heavy atom. The molecule has 90 valence electrons. The summed E-state index contributed by atoms with van der Waals surface area (Å²) in [5.41, 5.74) is 8.32. The number of rotatable bonds is 2. The first-order valence-electron chi connectivity index (χ1n) is 5.85. The van der Waals surface area contributed by atoms with Gasteiger partial charge in [0, 0.05) is 18.4 Å². The summed E-state index contributed by atoms with van der Waals surface area (Å²) in [7, 11) is 0. The van der Waals surface area contributed by atoms with E-state index in [0.717, 1.165) is 11.3 Å². The maximum atomic E-state index is 12.5. The molecule has 3 N–H and O–H groups in total. The van der Waals surface area contributed by atoms with Crippen LogP contribution < -0.4 is 11.1 Å². The van der Waals surface area contributed by atoms with Crippen molar-refractivity contribution in [1.29, 1.82) is 0 Å². The number of nitrogens with zero attached hydrogens (tertiary/aromatic N) is 1. The van der Waals surface area contributed by atoms with Crippen molar-refractivity contribution in [3.8, 4) is 0 Å². The Labute approximate surface area is 105 Å². The van der Waals surface area contributed by atoms with Crippen LogP contribution in [0.15, 0.2) is 42.6 Å². The molecule has 0 radical (unpaired) electrons. The maximum Gasteiger partial charge on any atom is 0.175 e. The van der Waals surface area contributed by atoms with E-state index in [0.29, 0.717) is 17.9 Å². The Morgan fingerprint density at radius 1 is 1.28 bits per heavy atom. The molecule has 1 aromatic heterocycles. The number of aromatic nitrogens is 1. The highest BCUT2D eigenvalue weighted by atomic mass is 16.1. The van der Waals surface area contributed by atoms with E-state index in [2.05, 4.69) is 10.3 Å². The Morgan fingerprint density at radius 3 is 2.94 bits per heavy atom. The molecule has 18 heavy (non-hydrogen) atoms. The maximum absolute atomic E-state index is 12.5. The zero-order valence-corrected chi connectivity index (χ0v) is 9.76. The van der Waals surface area contributed by atoms with Gasteiger partial charge in [-0.2, -0.15) is 0 Å². The van der Waals surface area contributed by atoms with Gasteiger partial charge in [0.1, 0.15) is 5.82 Å². The summed E-state index contributed by atoms with van der Waals surface area (Å²) >= 11 is 0. The fourth-order valence-electron chi connectivity index (χ4n) is 2.33. The fourth-order valence-corrected chi connectivity index (χ4v) is 2.33. The molecule has 0 aliphatic carbocycles. The average Bonchev–Trinajstić information content (AvgIpc) is 2.82. The van der Waals surface area contributed by atoms with Gasteiger partial charge in [0.2, 0.25) is 0 Å². The van der Waals surface area contributed by atoms with Crippen molar-refractivity contribution < 1.29 is 4.79 Å². The van der Waals surface area contributed by atoms with Gasteiger partial charge in [0.25, 0.3) is 0 Å². The third kappa shape index (κ3) is 1.62. The number of hydrogen-bond donors (Lipinski definition) is 2. The van der Waals surface area contributed by atoms with Crippen LogP contribution in [0.4, 0.5) is 11.5 Å². The summed E-state index contributed by atoms with van der Waals surface area (Å²) in [5.74, 6) is 0.151. The second-order valence-electron chi connectivity index (χ2n) is 4.32. The van der Waals surface area contributed by atoms with Gasteiger partial charge in [0.05, 0.1) is 11.5 Å². The Balaban J connectivity index is 1.99. The highest BCUT2D eigenvalue weighted by Crippen LogP contribution is 2.33. The zero-order valence-electron chi connectivity index (χ0n) is 9.76. The van der Waals surface area contributed by atoms with Crippen molar-refractivity contribution in [2.24, 2.45) is 0 Å². The summed E-state index contributed by atoms with van der Waals surface area (Å²) in [4.78, 5) is 16.4. The van der Waals surface area contributed by atoms with Crippen LogP contribution in [0.25, 0.3) is 0 Å². The summed E-state index contributed by atoms with van der Waals surface area (Å²) in [5, 5.41) is 3.24. The van der Waals surface area contributed by atoms with Crippen molar-refractivity contribution in [3.63, 3.8) is 0 Å². The lowest BCUT2D eigenvalue weighted by Gasteiger charge is -2.10. The molecule has 1 unspecified atom stereocenters. The first-order valence-corrected chi connectivity index (χ1v) is 5.85. The monoisotopic (exact) mass is 239 g/mol. The minimum atomic E-state index is -0.173. The number of para-hydroxylation sites is 1. The molecular formula is C14H13N3O. The molecule has 0 saturated carbocycles. The van der Waals surface area contributed by atoms with Gasteiger partial charge in [-0.15, -0.1) is 0 Å². The van der Waals surface area contributed by atoms with Crippen LogP contribution in [-0.2, 0) is 0 Å². The second-order valence-corrected chi connectivity index (χ2v) is 4.32. The van der Waals surface area contributed by atoms with Crippen LogP contribution in [0.5, 0.6) is 0 Å². The molecule has 0 spiro atoms. The predicted molar refractivity (Wildman–Crippen MR) is 70.7 cm³/mol. The molecule has 4 heteroatoms. The van der Waals surface area contributed by atoms with Crippen LogP contribution in [0.1, 0.15) is 21.8 Å². The number of fused-ring (bicyclic) bond motifs is 1. The smallest absolute Gasteiger partial charge is 0.175 e. The Bertz CT molecular complexity index is 609. The normalized spacial score (nSPS) is 17.0. The van der Waals surface area contributed by atoms with E-state index < -0.39 is 0 Å². The van der Waals surface area contributed by atoms with Crippen LogP contribution in [0.3, 0.4) is 0 Å². The van der Waals surface area contributed by atoms with Crippen molar-refractivity contribution in [3.05, 3.63) is 53.7 Å². The number of pyridine rings is 1. The lowest BCUT2D eigenvalue weighted by Crippen LogP contribution is -2.16.